The number of hydrogen-bond donors (Lipinski definition) is 3. The van der Waals surface area contributed by atoms with Gasteiger partial charge in [-0.1, -0.05) is 30.1 Å². The number of nitrogens with one attached hydrogen (secondary N) is 3. The zero-order valence-corrected chi connectivity index (χ0v) is 22.3. The van der Waals surface area contributed by atoms with Gasteiger partial charge in [0, 0.05) is 20.6 Å². The van der Waals surface area contributed by atoms with Gasteiger partial charge >= 0.3 is 5.97 Å². The van der Waals surface area contributed by atoms with Gasteiger partial charge in [0.25, 0.3) is 10.0 Å². The first-order chi connectivity index (χ1) is 16.0. The maximum Gasteiger partial charge on any atom is 0.341 e. The molecule has 0 radical (unpaired) electrons. The number of sulfonamides is 1. The van der Waals surface area contributed by atoms with Crippen molar-refractivity contribution in [3.63, 3.8) is 0 Å². The molecular weight excluding hydrogens is 537 g/mol. The normalized spacial score (nSPS) is 11.1. The molecule has 12 heteroatoms. The molecule has 0 spiro atoms. The summed E-state index contributed by atoms with van der Waals surface area (Å²) in [6.45, 7) is 3.90. The topological polar surface area (TPSA) is 96.5 Å². The number of halogens is 2. The van der Waals surface area contributed by atoms with Crippen LogP contribution < -0.4 is 15.4 Å². The summed E-state index contributed by atoms with van der Waals surface area (Å²) in [5.74, 6) is -0.436. The third kappa shape index (κ3) is 6.19. The summed E-state index contributed by atoms with van der Waals surface area (Å²) in [4.78, 5) is 13.3. The van der Waals surface area contributed by atoms with Crippen molar-refractivity contribution in [2.75, 3.05) is 22.5 Å². The molecule has 0 fully saturated rings. The van der Waals surface area contributed by atoms with Crippen LogP contribution in [0.5, 0.6) is 0 Å². The van der Waals surface area contributed by atoms with E-state index in [0.717, 1.165) is 10.4 Å². The zero-order chi connectivity index (χ0) is 25.0. The smallest absolute Gasteiger partial charge is 0.341 e. The molecular formula is C22H21Cl2N3O4S3. The van der Waals surface area contributed by atoms with Gasteiger partial charge in [0.1, 0.15) is 5.00 Å². The van der Waals surface area contributed by atoms with E-state index in [1.165, 1.54) is 48.8 Å². The Balaban J connectivity index is 1.72. The fraction of sp³-hybridized carbons (Fsp3) is 0.182. The number of ether oxygens (including phenoxy) is 1. The van der Waals surface area contributed by atoms with Gasteiger partial charge in [0.15, 0.2) is 5.11 Å². The second-order valence-electron chi connectivity index (χ2n) is 7.05. The molecule has 2 aromatic carbocycles. The van der Waals surface area contributed by atoms with Crippen LogP contribution in [0.4, 0.5) is 16.4 Å². The fourth-order valence-electron chi connectivity index (χ4n) is 3.22. The summed E-state index contributed by atoms with van der Waals surface area (Å²) in [5, 5.41) is 7.49. The highest BCUT2D eigenvalue weighted by Crippen LogP contribution is 2.34. The molecule has 0 aliphatic rings. The van der Waals surface area contributed by atoms with Gasteiger partial charge in [0.05, 0.1) is 23.3 Å². The Kier molecular flexibility index (Phi) is 8.43. The third-order valence-corrected chi connectivity index (χ3v) is 7.82. The number of carbonyl (C=O) groups is 1. The van der Waals surface area contributed by atoms with E-state index in [0.29, 0.717) is 32.7 Å². The Labute approximate surface area is 217 Å². The number of carbonyl (C=O) groups excluding carboxylic acids is 1. The van der Waals surface area contributed by atoms with Crippen molar-refractivity contribution in [1.29, 1.82) is 0 Å². The summed E-state index contributed by atoms with van der Waals surface area (Å²) < 4.78 is 32.8. The van der Waals surface area contributed by atoms with Gasteiger partial charge in [-0.05, 0) is 73.6 Å². The van der Waals surface area contributed by atoms with E-state index < -0.39 is 16.0 Å². The molecule has 0 unspecified atom stereocenters. The average Bonchev–Trinajstić information content (AvgIpc) is 3.06. The molecule has 34 heavy (non-hydrogen) atoms. The summed E-state index contributed by atoms with van der Waals surface area (Å²) in [6, 6.07) is 10.5. The molecule has 0 atom stereocenters. The molecule has 3 N–H and O–H groups in total. The van der Waals surface area contributed by atoms with Crippen LogP contribution in [0.1, 0.15) is 27.7 Å². The highest BCUT2D eigenvalue weighted by Gasteiger charge is 2.22. The number of rotatable bonds is 7. The predicted molar refractivity (Wildman–Crippen MR) is 143 cm³/mol. The summed E-state index contributed by atoms with van der Waals surface area (Å²) in [6.07, 6.45) is 0.681. The molecule has 0 aliphatic heterocycles. The van der Waals surface area contributed by atoms with Crippen LogP contribution in [0.25, 0.3) is 0 Å². The number of anilines is 3. The van der Waals surface area contributed by atoms with Crippen molar-refractivity contribution in [2.24, 2.45) is 0 Å². The maximum atomic E-state index is 12.7. The van der Waals surface area contributed by atoms with Crippen LogP contribution in [0.2, 0.25) is 10.0 Å². The molecule has 0 amide bonds. The van der Waals surface area contributed by atoms with Crippen LogP contribution in [-0.4, -0.2) is 26.6 Å². The van der Waals surface area contributed by atoms with Crippen LogP contribution in [0.15, 0.2) is 47.4 Å². The Morgan fingerprint density at radius 2 is 1.68 bits per heavy atom. The second-order valence-corrected chi connectivity index (χ2v) is 11.2. The number of thiocarbonyl (C=S) groups is 1. The van der Waals surface area contributed by atoms with Gasteiger partial charge < -0.3 is 15.4 Å². The zero-order valence-electron chi connectivity index (χ0n) is 18.4. The number of esters is 1. The first-order valence-electron chi connectivity index (χ1n) is 9.91. The van der Waals surface area contributed by atoms with Gasteiger partial charge in [0.2, 0.25) is 0 Å². The SMILES string of the molecule is CCc1c(C)sc(NC(=S)Nc2ccc(S(=O)(=O)Nc3cc(Cl)cc(Cl)c3)cc2)c1C(=O)OC. The largest absolute Gasteiger partial charge is 0.465 e. The molecule has 7 nitrogen and oxygen atoms in total. The lowest BCUT2D eigenvalue weighted by Crippen LogP contribution is -2.20. The van der Waals surface area contributed by atoms with Crippen molar-refractivity contribution < 1.29 is 17.9 Å². The van der Waals surface area contributed by atoms with E-state index in [1.807, 2.05) is 13.8 Å². The fourth-order valence-corrected chi connectivity index (χ4v) is 6.21. The second kappa shape index (κ2) is 10.9. The standard InChI is InChI=1S/C22H21Cl2N3O4S3/c1-4-18-12(2)33-20(19(18)21(28)31-3)26-22(32)25-15-5-7-17(8-6-15)34(29,30)27-16-10-13(23)9-14(24)11-16/h5-11,27H,4H2,1-3H3,(H2,25,26,32). The molecule has 0 saturated heterocycles. The van der Waals surface area contributed by atoms with Crippen molar-refractivity contribution in [2.45, 2.75) is 25.2 Å². The van der Waals surface area contributed by atoms with Crippen LogP contribution in [0, 0.1) is 6.92 Å². The van der Waals surface area contributed by atoms with E-state index in [2.05, 4.69) is 15.4 Å². The van der Waals surface area contributed by atoms with Crippen molar-refractivity contribution in [3.8, 4) is 0 Å². The lowest BCUT2D eigenvalue weighted by atomic mass is 10.1. The molecule has 0 saturated carbocycles. The Morgan fingerprint density at radius 1 is 1.06 bits per heavy atom. The average molecular weight is 559 g/mol. The van der Waals surface area contributed by atoms with Crippen LogP contribution in [0.3, 0.4) is 0 Å². The van der Waals surface area contributed by atoms with Crippen molar-refractivity contribution in [3.05, 3.63) is 68.5 Å². The van der Waals surface area contributed by atoms with E-state index >= 15 is 0 Å². The Morgan fingerprint density at radius 3 is 2.24 bits per heavy atom. The predicted octanol–water partition coefficient (Wildman–Crippen LogP) is 6.32. The first kappa shape index (κ1) is 26.2. The lowest BCUT2D eigenvalue weighted by Gasteiger charge is -2.12. The summed E-state index contributed by atoms with van der Waals surface area (Å²) in [5.41, 5.74) is 2.19. The molecule has 3 aromatic rings. The minimum atomic E-state index is -3.86. The maximum absolute atomic E-state index is 12.7. The molecule has 0 aliphatic carbocycles. The van der Waals surface area contributed by atoms with Gasteiger partial charge in [-0.2, -0.15) is 0 Å². The van der Waals surface area contributed by atoms with Gasteiger partial charge in [-0.3, -0.25) is 4.72 Å². The number of aryl methyl sites for hydroxylation is 1. The van der Waals surface area contributed by atoms with Crippen molar-refractivity contribution >= 4 is 84.2 Å². The first-order valence-corrected chi connectivity index (χ1v) is 13.4. The molecule has 3 rings (SSSR count). The third-order valence-electron chi connectivity index (χ3n) is 4.72. The highest BCUT2D eigenvalue weighted by molar-refractivity contribution is 7.92. The van der Waals surface area contributed by atoms with E-state index in [1.54, 1.807) is 12.1 Å². The molecule has 180 valence electrons. The number of hydrogen-bond acceptors (Lipinski definition) is 6. The number of methoxy groups -OCH3 is 1. The lowest BCUT2D eigenvalue weighted by molar-refractivity contribution is 0.0601. The van der Waals surface area contributed by atoms with E-state index in [-0.39, 0.29) is 15.7 Å². The highest BCUT2D eigenvalue weighted by atomic mass is 35.5. The van der Waals surface area contributed by atoms with E-state index in [4.69, 9.17) is 40.2 Å². The molecule has 1 aromatic heterocycles. The number of thiophene rings is 1. The number of benzene rings is 2. The van der Waals surface area contributed by atoms with E-state index in [9.17, 15) is 13.2 Å². The van der Waals surface area contributed by atoms with Crippen LogP contribution in [-0.2, 0) is 21.2 Å². The molecule has 1 heterocycles. The quantitative estimate of drug-likeness (QED) is 0.231. The Hall–Kier alpha value is -2.37. The summed E-state index contributed by atoms with van der Waals surface area (Å²) >= 11 is 18.7. The van der Waals surface area contributed by atoms with Gasteiger partial charge in [-0.15, -0.1) is 11.3 Å². The Bertz CT molecular complexity index is 1320. The summed E-state index contributed by atoms with van der Waals surface area (Å²) in [7, 11) is -2.52. The monoisotopic (exact) mass is 557 g/mol. The van der Waals surface area contributed by atoms with Crippen molar-refractivity contribution in [1.82, 2.24) is 0 Å². The van der Waals surface area contributed by atoms with Crippen LogP contribution >= 0.6 is 46.8 Å². The minimum Gasteiger partial charge on any atom is -0.465 e. The molecule has 0 bridgehead atoms. The minimum absolute atomic E-state index is 0.0440. The van der Waals surface area contributed by atoms with Gasteiger partial charge in [-0.25, -0.2) is 13.2 Å².